The lowest BCUT2D eigenvalue weighted by Gasteiger charge is -2.32. The minimum atomic E-state index is -0.336. The summed E-state index contributed by atoms with van der Waals surface area (Å²) < 4.78 is 12.2. The van der Waals surface area contributed by atoms with Crippen molar-refractivity contribution in [2.75, 3.05) is 5.32 Å². The molecule has 4 nitrogen and oxygen atoms in total. The van der Waals surface area contributed by atoms with Crippen LogP contribution in [0.3, 0.4) is 0 Å². The van der Waals surface area contributed by atoms with Gasteiger partial charge in [0.05, 0.1) is 23.4 Å². The molecule has 0 radical (unpaired) electrons. The van der Waals surface area contributed by atoms with Crippen LogP contribution in [0.1, 0.15) is 33.4 Å². The zero-order valence-corrected chi connectivity index (χ0v) is 14.2. The van der Waals surface area contributed by atoms with Crippen molar-refractivity contribution in [2.45, 2.75) is 45.4 Å². The van der Waals surface area contributed by atoms with E-state index in [2.05, 4.69) is 44.1 Å². The van der Waals surface area contributed by atoms with Crippen LogP contribution in [0.5, 0.6) is 0 Å². The molecule has 2 heterocycles. The molecule has 0 unspecified atom stereocenters. The summed E-state index contributed by atoms with van der Waals surface area (Å²) in [5, 5.41) is 3.39. The molecule has 0 bridgehead atoms. The molecule has 1 fully saturated rings. The van der Waals surface area contributed by atoms with Gasteiger partial charge < -0.3 is 14.6 Å². The topological polar surface area (TPSA) is 43.4 Å². The predicted molar refractivity (Wildman–Crippen MR) is 93.7 cm³/mol. The Hall–Kier alpha value is -1.85. The van der Waals surface area contributed by atoms with Crippen molar-refractivity contribution in [3.63, 3.8) is 0 Å². The Morgan fingerprint density at radius 3 is 2.39 bits per heavy atom. The van der Waals surface area contributed by atoms with Crippen LogP contribution in [-0.2, 0) is 15.9 Å². The van der Waals surface area contributed by atoms with Crippen molar-refractivity contribution < 1.29 is 9.31 Å². The van der Waals surface area contributed by atoms with Crippen molar-refractivity contribution in [3.05, 3.63) is 54.4 Å². The van der Waals surface area contributed by atoms with Crippen LogP contribution in [0.4, 0.5) is 5.69 Å². The number of nitrogens with one attached hydrogen (secondary N) is 1. The van der Waals surface area contributed by atoms with E-state index in [1.807, 2.05) is 36.4 Å². The maximum Gasteiger partial charge on any atom is 0.494 e. The van der Waals surface area contributed by atoms with Crippen molar-refractivity contribution >= 4 is 18.3 Å². The lowest BCUT2D eigenvalue weighted by Crippen LogP contribution is -2.41. The van der Waals surface area contributed by atoms with Crippen LogP contribution in [0.2, 0.25) is 0 Å². The second-order valence-electron chi connectivity index (χ2n) is 6.89. The summed E-state index contributed by atoms with van der Waals surface area (Å²) in [7, 11) is -0.336. The number of hydrogen-bond acceptors (Lipinski definition) is 4. The van der Waals surface area contributed by atoms with Crippen molar-refractivity contribution in [1.29, 1.82) is 0 Å². The van der Waals surface area contributed by atoms with E-state index >= 15 is 0 Å². The number of nitrogens with zero attached hydrogens (tertiary/aromatic N) is 1. The molecule has 2 aromatic rings. The highest BCUT2D eigenvalue weighted by atomic mass is 16.7. The molecule has 1 saturated heterocycles. The minimum absolute atomic E-state index is 0.324. The van der Waals surface area contributed by atoms with Crippen LogP contribution in [0.15, 0.2) is 48.7 Å². The highest BCUT2D eigenvalue weighted by Crippen LogP contribution is 2.36. The third-order valence-electron chi connectivity index (χ3n) is 4.61. The molecule has 1 aliphatic heterocycles. The number of pyridine rings is 1. The van der Waals surface area contributed by atoms with Gasteiger partial charge in [-0.2, -0.15) is 0 Å². The van der Waals surface area contributed by atoms with E-state index in [-0.39, 0.29) is 18.3 Å². The number of benzene rings is 1. The first-order chi connectivity index (χ1) is 10.9. The molecule has 0 aliphatic carbocycles. The molecule has 0 spiro atoms. The molecule has 3 rings (SSSR count). The average molecular weight is 310 g/mol. The Labute approximate surface area is 138 Å². The van der Waals surface area contributed by atoms with Gasteiger partial charge in [0.2, 0.25) is 0 Å². The third-order valence-corrected chi connectivity index (χ3v) is 4.61. The van der Waals surface area contributed by atoms with Gasteiger partial charge in [-0.25, -0.2) is 0 Å². The zero-order valence-electron chi connectivity index (χ0n) is 14.2. The van der Waals surface area contributed by atoms with E-state index in [9.17, 15) is 0 Å². The summed E-state index contributed by atoms with van der Waals surface area (Å²) >= 11 is 0. The van der Waals surface area contributed by atoms with Crippen LogP contribution in [0.25, 0.3) is 0 Å². The van der Waals surface area contributed by atoms with Crippen molar-refractivity contribution in [3.8, 4) is 0 Å². The zero-order chi connectivity index (χ0) is 16.5. The van der Waals surface area contributed by atoms with Crippen LogP contribution >= 0.6 is 0 Å². The molecule has 1 N–H and O–H groups in total. The summed E-state index contributed by atoms with van der Waals surface area (Å²) in [5.41, 5.74) is 2.41. The van der Waals surface area contributed by atoms with E-state index in [0.29, 0.717) is 6.54 Å². The summed E-state index contributed by atoms with van der Waals surface area (Å²) in [6, 6.07) is 14.1. The Balaban J connectivity index is 1.71. The van der Waals surface area contributed by atoms with E-state index in [0.717, 1.165) is 16.8 Å². The number of rotatable bonds is 4. The van der Waals surface area contributed by atoms with Gasteiger partial charge in [-0.15, -0.1) is 0 Å². The molecular weight excluding hydrogens is 287 g/mol. The van der Waals surface area contributed by atoms with Crippen LogP contribution in [-0.4, -0.2) is 23.3 Å². The Morgan fingerprint density at radius 2 is 1.74 bits per heavy atom. The highest BCUT2D eigenvalue weighted by Gasteiger charge is 2.51. The number of hydrogen-bond donors (Lipinski definition) is 1. The minimum Gasteiger partial charge on any atom is -0.399 e. The van der Waals surface area contributed by atoms with Gasteiger partial charge in [0.15, 0.2) is 0 Å². The van der Waals surface area contributed by atoms with Gasteiger partial charge in [-0.1, -0.05) is 18.2 Å². The number of anilines is 1. The normalized spacial score (nSPS) is 18.9. The predicted octanol–water partition coefficient (Wildman–Crippen LogP) is 2.99. The van der Waals surface area contributed by atoms with Gasteiger partial charge in [-0.05, 0) is 57.4 Å². The SMILES string of the molecule is CC1(C)OB(c2cccc(NCc3ccccn3)c2)OC1(C)C. The maximum absolute atomic E-state index is 6.11. The first-order valence-electron chi connectivity index (χ1n) is 7.97. The molecule has 0 saturated carbocycles. The first kappa shape index (κ1) is 16.0. The molecule has 120 valence electrons. The number of aromatic nitrogens is 1. The molecule has 5 heteroatoms. The first-order valence-corrected chi connectivity index (χ1v) is 7.97. The van der Waals surface area contributed by atoms with Gasteiger partial charge in [0, 0.05) is 11.9 Å². The summed E-state index contributed by atoms with van der Waals surface area (Å²) in [4.78, 5) is 4.32. The lowest BCUT2D eigenvalue weighted by atomic mass is 9.79. The van der Waals surface area contributed by atoms with Gasteiger partial charge >= 0.3 is 7.12 Å². The fourth-order valence-electron chi connectivity index (χ4n) is 2.47. The molecule has 23 heavy (non-hydrogen) atoms. The smallest absolute Gasteiger partial charge is 0.399 e. The fourth-order valence-corrected chi connectivity index (χ4v) is 2.47. The Morgan fingerprint density at radius 1 is 1.00 bits per heavy atom. The van der Waals surface area contributed by atoms with E-state index in [4.69, 9.17) is 9.31 Å². The largest absolute Gasteiger partial charge is 0.494 e. The molecule has 0 amide bonds. The Bertz CT molecular complexity index is 658. The average Bonchev–Trinajstić information content (AvgIpc) is 2.75. The van der Waals surface area contributed by atoms with E-state index in [1.165, 1.54) is 0 Å². The lowest BCUT2D eigenvalue weighted by molar-refractivity contribution is 0.00578. The quantitative estimate of drug-likeness (QED) is 0.882. The second kappa shape index (κ2) is 5.98. The van der Waals surface area contributed by atoms with Crippen LogP contribution < -0.4 is 10.8 Å². The van der Waals surface area contributed by atoms with Gasteiger partial charge in [0.1, 0.15) is 0 Å². The van der Waals surface area contributed by atoms with E-state index in [1.54, 1.807) is 6.20 Å². The maximum atomic E-state index is 6.11. The summed E-state index contributed by atoms with van der Waals surface area (Å²) in [6.07, 6.45) is 1.80. The third kappa shape index (κ3) is 3.41. The summed E-state index contributed by atoms with van der Waals surface area (Å²) in [5.74, 6) is 0. The van der Waals surface area contributed by atoms with Gasteiger partial charge in [-0.3, -0.25) is 4.98 Å². The van der Waals surface area contributed by atoms with E-state index < -0.39 is 0 Å². The van der Waals surface area contributed by atoms with Crippen molar-refractivity contribution in [2.24, 2.45) is 0 Å². The Kier molecular flexibility index (Phi) is 4.17. The van der Waals surface area contributed by atoms with Crippen molar-refractivity contribution in [1.82, 2.24) is 4.98 Å². The highest BCUT2D eigenvalue weighted by molar-refractivity contribution is 6.62. The van der Waals surface area contributed by atoms with Gasteiger partial charge in [0.25, 0.3) is 0 Å². The molecule has 1 aromatic carbocycles. The molecule has 1 aliphatic rings. The monoisotopic (exact) mass is 310 g/mol. The molecular formula is C18H23BN2O2. The fraction of sp³-hybridized carbons (Fsp3) is 0.389. The van der Waals surface area contributed by atoms with Crippen LogP contribution in [0, 0.1) is 0 Å². The molecule has 1 aromatic heterocycles. The molecule has 0 atom stereocenters. The summed E-state index contributed by atoms with van der Waals surface area (Å²) in [6.45, 7) is 8.95. The second-order valence-corrected chi connectivity index (χ2v) is 6.89. The standard InChI is InChI=1S/C18H23BN2O2/c1-17(2)18(3,4)23-19(22-17)14-8-7-10-15(12-14)21-13-16-9-5-6-11-20-16/h5-12,21H,13H2,1-4H3.